The summed E-state index contributed by atoms with van der Waals surface area (Å²) in [5.41, 5.74) is 4.12. The molecule has 1 fully saturated rings. The number of aromatic nitrogens is 3. The lowest BCUT2D eigenvalue weighted by Gasteiger charge is -2.35. The van der Waals surface area contributed by atoms with Gasteiger partial charge in [0.2, 0.25) is 5.91 Å². The summed E-state index contributed by atoms with van der Waals surface area (Å²) in [6.07, 6.45) is 10.6. The van der Waals surface area contributed by atoms with Gasteiger partial charge in [-0.1, -0.05) is 42.5 Å². The van der Waals surface area contributed by atoms with Crippen LogP contribution in [0.5, 0.6) is 5.75 Å². The number of anilines is 1. The molecule has 0 saturated carbocycles. The van der Waals surface area contributed by atoms with Gasteiger partial charge in [0.25, 0.3) is 0 Å². The SMILES string of the molecule is CCOc1cc(-c2ccc(N3CCN(C(=O)CC/C=C/c4ccccc4)CC3)nc2)c2c(C#N)cnn2c1. The van der Waals surface area contributed by atoms with Crippen LogP contribution in [0.4, 0.5) is 5.82 Å². The van der Waals surface area contributed by atoms with Crippen LogP contribution in [0.3, 0.4) is 0 Å². The van der Waals surface area contributed by atoms with Crippen molar-refractivity contribution in [1.29, 1.82) is 5.26 Å². The van der Waals surface area contributed by atoms with Crippen LogP contribution in [0.2, 0.25) is 0 Å². The molecule has 1 aliphatic heterocycles. The minimum absolute atomic E-state index is 0.193. The molecule has 0 radical (unpaired) electrons. The zero-order valence-corrected chi connectivity index (χ0v) is 21.5. The fourth-order valence-electron chi connectivity index (χ4n) is 4.71. The molecule has 1 aliphatic rings. The topological polar surface area (TPSA) is 86.8 Å². The van der Waals surface area contributed by atoms with Crippen LogP contribution in [0.1, 0.15) is 30.9 Å². The van der Waals surface area contributed by atoms with E-state index in [2.05, 4.69) is 40.4 Å². The van der Waals surface area contributed by atoms with Gasteiger partial charge in [0.1, 0.15) is 17.6 Å². The largest absolute Gasteiger partial charge is 0.492 e. The number of fused-ring (bicyclic) bond motifs is 1. The minimum atomic E-state index is 0.193. The molecule has 3 aromatic heterocycles. The summed E-state index contributed by atoms with van der Waals surface area (Å²) in [6, 6.07) is 18.3. The molecule has 1 amide bonds. The van der Waals surface area contributed by atoms with E-state index in [9.17, 15) is 10.1 Å². The molecule has 192 valence electrons. The van der Waals surface area contributed by atoms with Crippen molar-refractivity contribution >= 4 is 23.3 Å². The second kappa shape index (κ2) is 11.6. The fraction of sp³-hybridized carbons (Fsp3) is 0.267. The zero-order valence-electron chi connectivity index (χ0n) is 21.5. The standard InChI is InChI=1S/C30H30N6O2/c1-2-38-26-18-27(30-25(19-31)21-33-36(30)22-26)24-12-13-28(32-20-24)34-14-16-35(17-15-34)29(37)11-7-6-10-23-8-4-3-5-9-23/h3-6,8-10,12-13,18,20-22H,2,7,11,14-17H2,1H3/b10-6+. The summed E-state index contributed by atoms with van der Waals surface area (Å²) in [4.78, 5) is 21.6. The maximum absolute atomic E-state index is 12.7. The van der Waals surface area contributed by atoms with Crippen molar-refractivity contribution in [3.8, 4) is 22.9 Å². The van der Waals surface area contributed by atoms with Gasteiger partial charge in [-0.2, -0.15) is 10.4 Å². The highest BCUT2D eigenvalue weighted by molar-refractivity contribution is 5.85. The lowest BCUT2D eigenvalue weighted by atomic mass is 10.1. The smallest absolute Gasteiger partial charge is 0.223 e. The molecule has 0 spiro atoms. The highest BCUT2D eigenvalue weighted by Gasteiger charge is 2.22. The van der Waals surface area contributed by atoms with Crippen molar-refractivity contribution in [3.63, 3.8) is 0 Å². The third kappa shape index (κ3) is 5.52. The second-order valence-corrected chi connectivity index (χ2v) is 9.11. The van der Waals surface area contributed by atoms with Gasteiger partial charge < -0.3 is 14.5 Å². The van der Waals surface area contributed by atoms with Crippen LogP contribution in [0, 0.1) is 11.3 Å². The molecular formula is C30H30N6O2. The number of nitrogens with zero attached hydrogens (tertiary/aromatic N) is 6. The molecule has 0 atom stereocenters. The number of carbonyl (C=O) groups excluding carboxylic acids is 1. The van der Waals surface area contributed by atoms with E-state index in [0.717, 1.165) is 47.5 Å². The van der Waals surface area contributed by atoms with Crippen LogP contribution in [0.25, 0.3) is 22.7 Å². The highest BCUT2D eigenvalue weighted by Crippen LogP contribution is 2.31. The van der Waals surface area contributed by atoms with Crippen molar-refractivity contribution < 1.29 is 9.53 Å². The van der Waals surface area contributed by atoms with E-state index < -0.39 is 0 Å². The van der Waals surface area contributed by atoms with Crippen molar-refractivity contribution in [2.24, 2.45) is 0 Å². The Morgan fingerprint density at radius 2 is 1.92 bits per heavy atom. The molecule has 5 rings (SSSR count). The minimum Gasteiger partial charge on any atom is -0.492 e. The first kappa shape index (κ1) is 25.0. The molecule has 1 saturated heterocycles. The molecule has 8 heteroatoms. The van der Waals surface area contributed by atoms with Crippen molar-refractivity contribution in [1.82, 2.24) is 19.5 Å². The first-order valence-electron chi connectivity index (χ1n) is 12.9. The van der Waals surface area contributed by atoms with E-state index in [4.69, 9.17) is 9.72 Å². The van der Waals surface area contributed by atoms with Gasteiger partial charge >= 0.3 is 0 Å². The third-order valence-corrected chi connectivity index (χ3v) is 6.67. The van der Waals surface area contributed by atoms with E-state index in [1.54, 1.807) is 16.9 Å². The number of rotatable bonds is 8. The van der Waals surface area contributed by atoms with Crippen LogP contribution in [-0.4, -0.2) is 58.2 Å². The number of piperazine rings is 1. The predicted molar refractivity (Wildman–Crippen MR) is 148 cm³/mol. The first-order valence-corrected chi connectivity index (χ1v) is 12.9. The van der Waals surface area contributed by atoms with Crippen molar-refractivity contribution in [2.45, 2.75) is 19.8 Å². The number of allylic oxidation sites excluding steroid dienone is 1. The summed E-state index contributed by atoms with van der Waals surface area (Å²) in [7, 11) is 0. The summed E-state index contributed by atoms with van der Waals surface area (Å²) in [6.45, 7) is 5.31. The molecule has 4 heterocycles. The molecule has 1 aromatic carbocycles. The fourth-order valence-corrected chi connectivity index (χ4v) is 4.71. The molecule has 8 nitrogen and oxygen atoms in total. The maximum Gasteiger partial charge on any atom is 0.223 e. The van der Waals surface area contributed by atoms with E-state index in [0.29, 0.717) is 37.4 Å². The highest BCUT2D eigenvalue weighted by atomic mass is 16.5. The first-order chi connectivity index (χ1) is 18.7. The lowest BCUT2D eigenvalue weighted by molar-refractivity contribution is -0.131. The van der Waals surface area contributed by atoms with Crippen LogP contribution >= 0.6 is 0 Å². The molecule has 0 aliphatic carbocycles. The monoisotopic (exact) mass is 506 g/mol. The Kier molecular flexibility index (Phi) is 7.65. The van der Waals surface area contributed by atoms with Gasteiger partial charge in [0.05, 0.1) is 30.1 Å². The molecule has 0 N–H and O–H groups in total. The second-order valence-electron chi connectivity index (χ2n) is 9.11. The Morgan fingerprint density at radius 1 is 1.11 bits per heavy atom. The Labute approximate surface area is 222 Å². The number of amides is 1. The van der Waals surface area contributed by atoms with E-state index in [1.807, 2.05) is 54.4 Å². The van der Waals surface area contributed by atoms with Crippen LogP contribution < -0.4 is 9.64 Å². The molecule has 38 heavy (non-hydrogen) atoms. The number of ether oxygens (including phenoxy) is 1. The number of carbonyl (C=O) groups is 1. The van der Waals surface area contributed by atoms with E-state index in [1.165, 1.54) is 0 Å². The van der Waals surface area contributed by atoms with Gasteiger partial charge in [-0.25, -0.2) is 9.50 Å². The summed E-state index contributed by atoms with van der Waals surface area (Å²) >= 11 is 0. The van der Waals surface area contributed by atoms with Gasteiger partial charge in [-0.15, -0.1) is 0 Å². The normalized spacial score (nSPS) is 13.7. The zero-order chi connectivity index (χ0) is 26.3. The number of pyridine rings is 2. The number of hydrogen-bond acceptors (Lipinski definition) is 6. The number of nitriles is 1. The summed E-state index contributed by atoms with van der Waals surface area (Å²) in [5.74, 6) is 1.75. The van der Waals surface area contributed by atoms with Crippen molar-refractivity contribution in [3.05, 3.63) is 84.3 Å². The van der Waals surface area contributed by atoms with E-state index >= 15 is 0 Å². The molecule has 4 aromatic rings. The van der Waals surface area contributed by atoms with Crippen LogP contribution in [0.15, 0.2) is 73.2 Å². The predicted octanol–water partition coefficient (Wildman–Crippen LogP) is 4.81. The lowest BCUT2D eigenvalue weighted by Crippen LogP contribution is -2.49. The van der Waals surface area contributed by atoms with E-state index in [-0.39, 0.29) is 5.91 Å². The van der Waals surface area contributed by atoms with Gasteiger partial charge in [0.15, 0.2) is 0 Å². The number of benzene rings is 1. The number of hydrogen-bond donors (Lipinski definition) is 0. The summed E-state index contributed by atoms with van der Waals surface area (Å²) < 4.78 is 7.39. The van der Waals surface area contributed by atoms with Gasteiger partial charge in [0, 0.05) is 49.9 Å². The molecular weight excluding hydrogens is 476 g/mol. The van der Waals surface area contributed by atoms with Gasteiger partial charge in [-0.05, 0) is 37.1 Å². The third-order valence-electron chi connectivity index (χ3n) is 6.67. The van der Waals surface area contributed by atoms with Crippen LogP contribution in [-0.2, 0) is 4.79 Å². The summed E-state index contributed by atoms with van der Waals surface area (Å²) in [5, 5.41) is 13.9. The van der Waals surface area contributed by atoms with Crippen molar-refractivity contribution in [2.75, 3.05) is 37.7 Å². The Bertz CT molecular complexity index is 1460. The maximum atomic E-state index is 12.7. The molecule has 0 bridgehead atoms. The Hall–Kier alpha value is -4.64. The Balaban J connectivity index is 1.21. The quantitative estimate of drug-likeness (QED) is 0.341. The molecule has 0 unspecified atom stereocenters. The average molecular weight is 507 g/mol. The Morgan fingerprint density at radius 3 is 2.63 bits per heavy atom. The average Bonchev–Trinajstić information content (AvgIpc) is 3.39. The van der Waals surface area contributed by atoms with Gasteiger partial charge in [-0.3, -0.25) is 4.79 Å².